The zero-order valence-electron chi connectivity index (χ0n) is 18.7. The summed E-state index contributed by atoms with van der Waals surface area (Å²) in [5.41, 5.74) is 7.11. The summed E-state index contributed by atoms with van der Waals surface area (Å²) in [6.07, 6.45) is 3.37. The van der Waals surface area contributed by atoms with E-state index in [0.29, 0.717) is 10.6 Å². The molecule has 1 heterocycles. The van der Waals surface area contributed by atoms with E-state index in [1.54, 1.807) is 4.68 Å². The number of nitrogens with zero attached hydrogens (tertiary/aromatic N) is 3. The maximum absolute atomic E-state index is 12.2. The third-order valence-electron chi connectivity index (χ3n) is 5.04. The van der Waals surface area contributed by atoms with Gasteiger partial charge in [-0.25, -0.2) is 10.1 Å². The van der Waals surface area contributed by atoms with Crippen LogP contribution < -0.4 is 10.7 Å². The fraction of sp³-hybridized carbons (Fsp3) is 0.0769. The fourth-order valence-electron chi connectivity index (χ4n) is 3.32. The van der Waals surface area contributed by atoms with Gasteiger partial charge in [-0.1, -0.05) is 65.2 Å². The Morgan fingerprint density at radius 2 is 1.80 bits per heavy atom. The molecule has 0 aliphatic heterocycles. The molecule has 9 heteroatoms. The van der Waals surface area contributed by atoms with Gasteiger partial charge in [-0.2, -0.15) is 10.2 Å². The van der Waals surface area contributed by atoms with Crippen molar-refractivity contribution in [2.75, 3.05) is 6.54 Å². The second kappa shape index (κ2) is 11.0. The van der Waals surface area contributed by atoms with Crippen molar-refractivity contribution >= 4 is 41.2 Å². The van der Waals surface area contributed by atoms with Crippen LogP contribution in [-0.2, 0) is 4.79 Å². The van der Waals surface area contributed by atoms with Gasteiger partial charge < -0.3 is 5.32 Å². The van der Waals surface area contributed by atoms with Gasteiger partial charge in [0.25, 0.3) is 11.8 Å². The van der Waals surface area contributed by atoms with Gasteiger partial charge in [0.2, 0.25) is 0 Å². The lowest BCUT2D eigenvalue weighted by molar-refractivity contribution is -0.120. The van der Waals surface area contributed by atoms with E-state index in [4.69, 9.17) is 28.3 Å². The number of rotatable bonds is 7. The summed E-state index contributed by atoms with van der Waals surface area (Å²) in [5.74, 6) is -0.934. The maximum atomic E-state index is 12.2. The van der Waals surface area contributed by atoms with Gasteiger partial charge in [0.1, 0.15) is 5.69 Å². The fourth-order valence-corrected chi connectivity index (χ4v) is 3.62. The number of carbonyl (C=O) groups is 2. The van der Waals surface area contributed by atoms with Crippen LogP contribution in [0.15, 0.2) is 84.1 Å². The molecule has 0 saturated heterocycles. The number of carbonyl (C=O) groups excluding carboxylic acids is 2. The molecule has 176 valence electrons. The highest BCUT2D eigenvalue weighted by atomic mass is 35.5. The number of aromatic nitrogens is 2. The number of para-hydroxylation sites is 1. The van der Waals surface area contributed by atoms with Gasteiger partial charge in [0, 0.05) is 22.9 Å². The van der Waals surface area contributed by atoms with Gasteiger partial charge in [-0.3, -0.25) is 9.59 Å². The molecule has 3 aromatic carbocycles. The van der Waals surface area contributed by atoms with Gasteiger partial charge >= 0.3 is 0 Å². The van der Waals surface area contributed by atoms with E-state index >= 15 is 0 Å². The number of aryl methyl sites for hydroxylation is 1. The largest absolute Gasteiger partial charge is 0.343 e. The smallest absolute Gasteiger partial charge is 0.259 e. The molecule has 0 aliphatic rings. The molecule has 4 aromatic rings. The molecule has 0 aliphatic carbocycles. The zero-order valence-corrected chi connectivity index (χ0v) is 20.2. The van der Waals surface area contributed by atoms with Crippen LogP contribution in [0.4, 0.5) is 0 Å². The lowest BCUT2D eigenvalue weighted by Crippen LogP contribution is -2.34. The highest BCUT2D eigenvalue weighted by Crippen LogP contribution is 2.24. The monoisotopic (exact) mass is 505 g/mol. The quantitative estimate of drug-likeness (QED) is 0.272. The van der Waals surface area contributed by atoms with Crippen LogP contribution in [0.25, 0.3) is 16.9 Å². The van der Waals surface area contributed by atoms with E-state index in [-0.39, 0.29) is 11.6 Å². The van der Waals surface area contributed by atoms with Gasteiger partial charge in [-0.15, -0.1) is 0 Å². The lowest BCUT2D eigenvalue weighted by Gasteiger charge is -2.05. The van der Waals surface area contributed by atoms with Crippen LogP contribution in [0.2, 0.25) is 10.0 Å². The van der Waals surface area contributed by atoms with E-state index in [0.717, 1.165) is 28.1 Å². The molecule has 0 atom stereocenters. The van der Waals surface area contributed by atoms with Crippen molar-refractivity contribution in [1.29, 1.82) is 0 Å². The lowest BCUT2D eigenvalue weighted by atomic mass is 10.1. The number of halogens is 2. The van der Waals surface area contributed by atoms with E-state index in [2.05, 4.69) is 15.8 Å². The second-order valence-electron chi connectivity index (χ2n) is 7.69. The SMILES string of the molecule is Cc1cccc(-c2nn(-c3ccccc3)cc2C=NNC(=O)CNC(=O)c2ccc(Cl)c(Cl)c2)c1. The van der Waals surface area contributed by atoms with Crippen molar-refractivity contribution in [3.8, 4) is 16.9 Å². The average molecular weight is 506 g/mol. The predicted octanol–water partition coefficient (Wildman–Crippen LogP) is 5.03. The summed E-state index contributed by atoms with van der Waals surface area (Å²) >= 11 is 11.8. The standard InChI is InChI=1S/C26H21Cl2N5O2/c1-17-6-5-7-18(12-17)25-20(16-33(32-25)21-8-3-2-4-9-21)14-30-31-24(34)15-29-26(35)19-10-11-22(27)23(28)13-19/h2-14,16H,15H2,1H3,(H,29,35)(H,31,34). The minimum atomic E-state index is -0.484. The van der Waals surface area contributed by atoms with E-state index in [9.17, 15) is 9.59 Å². The average Bonchev–Trinajstić information content (AvgIpc) is 3.29. The Kier molecular flexibility index (Phi) is 7.60. The molecule has 0 saturated carbocycles. The first-order valence-corrected chi connectivity index (χ1v) is 11.4. The van der Waals surface area contributed by atoms with Crippen molar-refractivity contribution in [3.05, 3.63) is 106 Å². The van der Waals surface area contributed by atoms with Crippen LogP contribution in [0.1, 0.15) is 21.5 Å². The molecule has 35 heavy (non-hydrogen) atoms. The highest BCUT2D eigenvalue weighted by molar-refractivity contribution is 6.42. The minimum Gasteiger partial charge on any atom is -0.343 e. The van der Waals surface area contributed by atoms with Crippen LogP contribution in [-0.4, -0.2) is 34.4 Å². The zero-order chi connectivity index (χ0) is 24.8. The molecule has 0 spiro atoms. The Bertz CT molecular complexity index is 1400. The Labute approximate surface area is 212 Å². The summed E-state index contributed by atoms with van der Waals surface area (Å²) < 4.78 is 1.76. The van der Waals surface area contributed by atoms with Gasteiger partial charge in [0.15, 0.2) is 0 Å². The maximum Gasteiger partial charge on any atom is 0.259 e. The summed E-state index contributed by atoms with van der Waals surface area (Å²) in [4.78, 5) is 24.4. The molecular formula is C26H21Cl2N5O2. The van der Waals surface area contributed by atoms with Crippen molar-refractivity contribution in [1.82, 2.24) is 20.5 Å². The van der Waals surface area contributed by atoms with E-state index in [1.807, 2.05) is 67.7 Å². The first kappa shape index (κ1) is 24.2. The number of benzene rings is 3. The van der Waals surface area contributed by atoms with Crippen LogP contribution in [0.3, 0.4) is 0 Å². The van der Waals surface area contributed by atoms with E-state index < -0.39 is 11.8 Å². The molecule has 2 N–H and O–H groups in total. The summed E-state index contributed by atoms with van der Waals surface area (Å²) in [6.45, 7) is 1.75. The molecular weight excluding hydrogens is 485 g/mol. The molecule has 0 fully saturated rings. The van der Waals surface area contributed by atoms with Crippen molar-refractivity contribution in [3.63, 3.8) is 0 Å². The predicted molar refractivity (Wildman–Crippen MR) is 138 cm³/mol. The summed E-state index contributed by atoms with van der Waals surface area (Å²) in [5, 5.41) is 11.9. The number of hydrogen-bond donors (Lipinski definition) is 2. The number of nitrogens with one attached hydrogen (secondary N) is 2. The Balaban J connectivity index is 1.45. The minimum absolute atomic E-state index is 0.258. The highest BCUT2D eigenvalue weighted by Gasteiger charge is 2.12. The van der Waals surface area contributed by atoms with Gasteiger partial charge in [0.05, 0.1) is 28.5 Å². The van der Waals surface area contributed by atoms with Crippen molar-refractivity contribution in [2.24, 2.45) is 5.10 Å². The number of hydrogen-bond acceptors (Lipinski definition) is 4. The van der Waals surface area contributed by atoms with Crippen molar-refractivity contribution < 1.29 is 9.59 Å². The first-order valence-electron chi connectivity index (χ1n) is 10.7. The molecule has 0 radical (unpaired) electrons. The van der Waals surface area contributed by atoms with Crippen LogP contribution >= 0.6 is 23.2 Å². The van der Waals surface area contributed by atoms with Crippen molar-refractivity contribution in [2.45, 2.75) is 6.92 Å². The summed E-state index contributed by atoms with van der Waals surface area (Å²) in [6, 6.07) is 22.2. The van der Waals surface area contributed by atoms with Crippen LogP contribution in [0.5, 0.6) is 0 Å². The molecule has 0 unspecified atom stereocenters. The van der Waals surface area contributed by atoms with Gasteiger partial charge in [-0.05, 0) is 43.3 Å². The molecule has 2 amide bonds. The van der Waals surface area contributed by atoms with E-state index in [1.165, 1.54) is 24.4 Å². The topological polar surface area (TPSA) is 88.4 Å². The Hall–Kier alpha value is -3.94. The third kappa shape index (κ3) is 6.15. The Morgan fingerprint density at radius 1 is 1.00 bits per heavy atom. The normalized spacial score (nSPS) is 10.9. The second-order valence-corrected chi connectivity index (χ2v) is 8.50. The molecule has 0 bridgehead atoms. The molecule has 4 rings (SSSR count). The third-order valence-corrected chi connectivity index (χ3v) is 5.78. The molecule has 1 aromatic heterocycles. The summed E-state index contributed by atoms with van der Waals surface area (Å²) in [7, 11) is 0. The number of amides is 2. The molecule has 7 nitrogen and oxygen atoms in total. The first-order chi connectivity index (χ1) is 16.9. The Morgan fingerprint density at radius 3 is 2.54 bits per heavy atom. The number of hydrazone groups is 1. The van der Waals surface area contributed by atoms with Crippen LogP contribution in [0, 0.1) is 6.92 Å².